The second kappa shape index (κ2) is 5.31. The van der Waals surface area contributed by atoms with Gasteiger partial charge in [-0.05, 0) is 35.2 Å². The average Bonchev–Trinajstić information content (AvgIpc) is 2.98. The van der Waals surface area contributed by atoms with Gasteiger partial charge >= 0.3 is 12.1 Å². The van der Waals surface area contributed by atoms with Gasteiger partial charge in [0.15, 0.2) is 6.10 Å². The molecule has 2 aromatic rings. The van der Waals surface area contributed by atoms with Crippen molar-refractivity contribution in [2.24, 2.45) is 0 Å². The van der Waals surface area contributed by atoms with Crippen LogP contribution in [-0.2, 0) is 4.79 Å². The molecule has 0 bridgehead atoms. The summed E-state index contributed by atoms with van der Waals surface area (Å²) in [5, 5.41) is 11.1. The number of benzene rings is 1. The van der Waals surface area contributed by atoms with Crippen LogP contribution in [0.15, 0.2) is 35.7 Å². The molecule has 22 heavy (non-hydrogen) atoms. The van der Waals surface area contributed by atoms with E-state index in [1.165, 1.54) is 17.4 Å². The molecule has 0 spiro atoms. The highest BCUT2D eigenvalue weighted by molar-refractivity contribution is 7.13. The molecule has 3 rings (SSSR count). The SMILES string of the molecule is O=C(O)C1CC(C(F)(F)F)Oc2ccc(-c3cccs3)cc21. The topological polar surface area (TPSA) is 46.5 Å². The van der Waals surface area contributed by atoms with Crippen molar-refractivity contribution in [3.05, 3.63) is 41.3 Å². The first-order valence-corrected chi connectivity index (χ1v) is 7.38. The molecule has 1 N–H and O–H groups in total. The molecule has 116 valence electrons. The molecule has 2 atom stereocenters. The first kappa shape index (κ1) is 14.9. The minimum atomic E-state index is -4.59. The summed E-state index contributed by atoms with van der Waals surface area (Å²) in [7, 11) is 0. The Labute approximate surface area is 128 Å². The lowest BCUT2D eigenvalue weighted by molar-refractivity contribution is -0.201. The third-order valence-corrected chi connectivity index (χ3v) is 4.49. The van der Waals surface area contributed by atoms with E-state index in [0.29, 0.717) is 5.56 Å². The molecule has 2 unspecified atom stereocenters. The van der Waals surface area contributed by atoms with Crippen LogP contribution >= 0.6 is 11.3 Å². The Morgan fingerprint density at radius 3 is 2.68 bits per heavy atom. The van der Waals surface area contributed by atoms with E-state index in [-0.39, 0.29) is 5.75 Å². The molecule has 1 aromatic heterocycles. The van der Waals surface area contributed by atoms with E-state index in [9.17, 15) is 23.1 Å². The van der Waals surface area contributed by atoms with Crippen molar-refractivity contribution < 1.29 is 27.8 Å². The smallest absolute Gasteiger partial charge is 0.425 e. The van der Waals surface area contributed by atoms with Gasteiger partial charge in [0.05, 0.1) is 5.92 Å². The van der Waals surface area contributed by atoms with Gasteiger partial charge in [-0.15, -0.1) is 11.3 Å². The van der Waals surface area contributed by atoms with Gasteiger partial charge in [0, 0.05) is 16.9 Å². The van der Waals surface area contributed by atoms with Crippen LogP contribution in [0.3, 0.4) is 0 Å². The van der Waals surface area contributed by atoms with Gasteiger partial charge in [-0.2, -0.15) is 13.2 Å². The first-order chi connectivity index (χ1) is 10.4. The highest BCUT2D eigenvalue weighted by atomic mass is 32.1. The van der Waals surface area contributed by atoms with E-state index in [4.69, 9.17) is 4.74 Å². The molecule has 1 aliphatic heterocycles. The average molecular weight is 328 g/mol. The molecular formula is C15H11F3O3S. The fourth-order valence-electron chi connectivity index (χ4n) is 2.50. The Kier molecular flexibility index (Phi) is 3.60. The summed E-state index contributed by atoms with van der Waals surface area (Å²) in [6.07, 6.45) is -7.29. The number of alkyl halides is 3. The Bertz CT molecular complexity index is 695. The van der Waals surface area contributed by atoms with E-state index in [0.717, 1.165) is 10.4 Å². The quantitative estimate of drug-likeness (QED) is 0.894. The van der Waals surface area contributed by atoms with Gasteiger partial charge in [0.25, 0.3) is 0 Å². The van der Waals surface area contributed by atoms with Gasteiger partial charge in [-0.3, -0.25) is 4.79 Å². The highest BCUT2D eigenvalue weighted by Crippen LogP contribution is 2.43. The number of aliphatic carboxylic acids is 1. The molecule has 0 fully saturated rings. The number of thiophene rings is 1. The van der Waals surface area contributed by atoms with Crippen LogP contribution in [0.5, 0.6) is 5.75 Å². The van der Waals surface area contributed by atoms with Crippen molar-refractivity contribution in [3.8, 4) is 16.2 Å². The van der Waals surface area contributed by atoms with E-state index in [1.54, 1.807) is 12.1 Å². The third kappa shape index (κ3) is 2.68. The Morgan fingerprint density at radius 1 is 1.32 bits per heavy atom. The van der Waals surface area contributed by atoms with Gasteiger partial charge in [0.1, 0.15) is 5.75 Å². The normalized spacial score (nSPS) is 21.0. The van der Waals surface area contributed by atoms with Crippen molar-refractivity contribution in [1.29, 1.82) is 0 Å². The number of rotatable bonds is 2. The maximum atomic E-state index is 12.9. The van der Waals surface area contributed by atoms with Crippen LogP contribution in [0.2, 0.25) is 0 Å². The second-order valence-corrected chi connectivity index (χ2v) is 5.95. The summed E-state index contributed by atoms with van der Waals surface area (Å²) in [5.74, 6) is -2.52. The summed E-state index contributed by atoms with van der Waals surface area (Å²) in [6.45, 7) is 0. The fourth-order valence-corrected chi connectivity index (χ4v) is 3.22. The maximum Gasteiger partial charge on any atom is 0.425 e. The molecule has 0 amide bonds. The van der Waals surface area contributed by atoms with E-state index >= 15 is 0 Å². The minimum absolute atomic E-state index is 0.0127. The van der Waals surface area contributed by atoms with Gasteiger partial charge in [-0.1, -0.05) is 6.07 Å². The van der Waals surface area contributed by atoms with Crippen LogP contribution < -0.4 is 4.74 Å². The molecule has 1 aliphatic rings. The number of hydrogen-bond donors (Lipinski definition) is 1. The van der Waals surface area contributed by atoms with E-state index in [1.807, 2.05) is 17.5 Å². The molecule has 1 aromatic carbocycles. The summed E-state index contributed by atoms with van der Waals surface area (Å²) < 4.78 is 43.5. The predicted molar refractivity (Wildman–Crippen MR) is 75.2 cm³/mol. The molecule has 7 heteroatoms. The number of halogens is 3. The second-order valence-electron chi connectivity index (χ2n) is 5.00. The Balaban J connectivity index is 2.04. The molecule has 0 saturated carbocycles. The van der Waals surface area contributed by atoms with Crippen molar-refractivity contribution in [2.45, 2.75) is 24.6 Å². The number of ether oxygens (including phenoxy) is 1. The van der Waals surface area contributed by atoms with Crippen molar-refractivity contribution in [2.75, 3.05) is 0 Å². The monoisotopic (exact) mass is 328 g/mol. The van der Waals surface area contributed by atoms with Crippen LogP contribution in [0.1, 0.15) is 17.9 Å². The van der Waals surface area contributed by atoms with Crippen LogP contribution in [0.25, 0.3) is 10.4 Å². The fraction of sp³-hybridized carbons (Fsp3) is 0.267. The zero-order chi connectivity index (χ0) is 15.9. The Hall–Kier alpha value is -2.02. The number of carboxylic acid groups (broad SMARTS) is 1. The zero-order valence-electron chi connectivity index (χ0n) is 11.1. The minimum Gasteiger partial charge on any atom is -0.481 e. The van der Waals surface area contributed by atoms with Crippen molar-refractivity contribution in [1.82, 2.24) is 0 Å². The summed E-state index contributed by atoms with van der Waals surface area (Å²) in [6, 6.07) is 8.38. The standard InChI is InChI=1S/C15H11F3O3S/c16-15(17,18)13-7-10(14(19)20)9-6-8(3-4-11(9)21-13)12-2-1-5-22-12/h1-6,10,13H,7H2,(H,19,20). The summed E-state index contributed by atoms with van der Waals surface area (Å²) in [4.78, 5) is 12.3. The van der Waals surface area contributed by atoms with Gasteiger partial charge < -0.3 is 9.84 Å². The van der Waals surface area contributed by atoms with Crippen LogP contribution in [0.4, 0.5) is 13.2 Å². The number of fused-ring (bicyclic) bond motifs is 1. The molecule has 3 nitrogen and oxygen atoms in total. The van der Waals surface area contributed by atoms with E-state index in [2.05, 4.69) is 0 Å². The lowest BCUT2D eigenvalue weighted by Gasteiger charge is -2.31. The maximum absolute atomic E-state index is 12.9. The lowest BCUT2D eigenvalue weighted by Crippen LogP contribution is -2.40. The first-order valence-electron chi connectivity index (χ1n) is 6.50. The molecule has 0 radical (unpaired) electrons. The van der Waals surface area contributed by atoms with Crippen molar-refractivity contribution >= 4 is 17.3 Å². The Morgan fingerprint density at radius 2 is 2.09 bits per heavy atom. The summed E-state index contributed by atoms with van der Waals surface area (Å²) in [5.41, 5.74) is 1.06. The molecule has 2 heterocycles. The number of carbonyl (C=O) groups is 1. The molecular weight excluding hydrogens is 317 g/mol. The molecule has 0 saturated heterocycles. The number of carboxylic acids is 1. The summed E-state index contributed by atoms with van der Waals surface area (Å²) >= 11 is 1.47. The third-order valence-electron chi connectivity index (χ3n) is 3.57. The predicted octanol–water partition coefficient (Wildman–Crippen LogP) is 4.30. The van der Waals surface area contributed by atoms with Crippen molar-refractivity contribution in [3.63, 3.8) is 0 Å². The largest absolute Gasteiger partial charge is 0.481 e. The van der Waals surface area contributed by atoms with Crippen LogP contribution in [-0.4, -0.2) is 23.4 Å². The van der Waals surface area contributed by atoms with E-state index < -0.39 is 30.6 Å². The number of hydrogen-bond acceptors (Lipinski definition) is 3. The van der Waals surface area contributed by atoms with Crippen LogP contribution in [0, 0.1) is 0 Å². The zero-order valence-corrected chi connectivity index (χ0v) is 11.9. The van der Waals surface area contributed by atoms with Gasteiger partial charge in [-0.25, -0.2) is 0 Å². The lowest BCUT2D eigenvalue weighted by atomic mass is 9.88. The van der Waals surface area contributed by atoms with Gasteiger partial charge in [0.2, 0.25) is 0 Å². The molecule has 0 aliphatic carbocycles. The highest BCUT2D eigenvalue weighted by Gasteiger charge is 2.47.